The van der Waals surface area contributed by atoms with E-state index in [4.69, 9.17) is 0 Å². The molecule has 11 aromatic rings. The Morgan fingerprint density at radius 3 is 1.38 bits per heavy atom. The fourth-order valence-electron chi connectivity index (χ4n) is 9.18. The molecule has 1 heteroatoms. The summed E-state index contributed by atoms with van der Waals surface area (Å²) in [4.78, 5) is 2.41. The summed E-state index contributed by atoms with van der Waals surface area (Å²) in [7, 11) is 0. The normalized spacial score (nSPS) is 11.2. The second-order valence-electron chi connectivity index (χ2n) is 16.1. The Kier molecular flexibility index (Phi) is 9.97. The Labute approximate surface area is 369 Å². The molecule has 0 spiro atoms. The first-order chi connectivity index (χ1) is 31.2. The molecule has 296 valence electrons. The second kappa shape index (κ2) is 16.7. The summed E-state index contributed by atoms with van der Waals surface area (Å²) in [6.45, 7) is 0. The lowest BCUT2D eigenvalue weighted by Gasteiger charge is -2.29. The highest BCUT2D eigenvalue weighted by Crippen LogP contribution is 2.45. The van der Waals surface area contributed by atoms with E-state index >= 15 is 0 Å². The standard InChI is InChI=1S/C62H43N/c1-4-16-44(17-5-1)52-35-41-61(60(43-52)47-18-6-2-7-19-47)63(54-36-30-45(31-37-54)51-25-14-26-53(42-51)57-29-15-24-46-20-10-12-27-56(46)57)55-38-32-49(33-39-55)59-40-34-48-21-11-13-28-58(48)62(59)50-22-8-3-9-23-50/h1-43H. The lowest BCUT2D eigenvalue weighted by Crippen LogP contribution is -2.11. The first-order valence-electron chi connectivity index (χ1n) is 21.7. The minimum atomic E-state index is 1.08. The zero-order valence-electron chi connectivity index (χ0n) is 34.8. The summed E-state index contributed by atoms with van der Waals surface area (Å²) in [5.74, 6) is 0. The molecule has 0 amide bonds. The van der Waals surface area contributed by atoms with Gasteiger partial charge in [-0.1, -0.05) is 218 Å². The Hall–Kier alpha value is -8.26. The number of anilines is 3. The Morgan fingerprint density at radius 2 is 0.683 bits per heavy atom. The van der Waals surface area contributed by atoms with Crippen molar-refractivity contribution in [1.82, 2.24) is 0 Å². The quantitative estimate of drug-likeness (QED) is 0.141. The molecule has 0 aromatic heterocycles. The zero-order chi connectivity index (χ0) is 42.0. The van der Waals surface area contributed by atoms with Gasteiger partial charge >= 0.3 is 0 Å². The maximum absolute atomic E-state index is 2.41. The van der Waals surface area contributed by atoms with Gasteiger partial charge in [-0.05, 0) is 125 Å². The molecule has 0 bridgehead atoms. The smallest absolute Gasteiger partial charge is 0.0540 e. The van der Waals surface area contributed by atoms with Crippen LogP contribution in [0.5, 0.6) is 0 Å². The van der Waals surface area contributed by atoms with Gasteiger partial charge in [0.2, 0.25) is 0 Å². The van der Waals surface area contributed by atoms with Gasteiger partial charge in [0, 0.05) is 16.9 Å². The van der Waals surface area contributed by atoms with Gasteiger partial charge in [-0.2, -0.15) is 0 Å². The first-order valence-corrected chi connectivity index (χ1v) is 21.7. The highest BCUT2D eigenvalue weighted by molar-refractivity contribution is 6.04. The molecule has 0 atom stereocenters. The fraction of sp³-hybridized carbons (Fsp3) is 0. The van der Waals surface area contributed by atoms with Gasteiger partial charge in [-0.3, -0.25) is 0 Å². The van der Waals surface area contributed by atoms with E-state index in [2.05, 4.69) is 266 Å². The van der Waals surface area contributed by atoms with Gasteiger partial charge in [0.15, 0.2) is 0 Å². The van der Waals surface area contributed by atoms with Crippen LogP contribution in [0, 0.1) is 0 Å². The second-order valence-corrected chi connectivity index (χ2v) is 16.1. The van der Waals surface area contributed by atoms with Gasteiger partial charge < -0.3 is 4.90 Å². The van der Waals surface area contributed by atoms with Crippen LogP contribution in [0.4, 0.5) is 17.1 Å². The van der Waals surface area contributed by atoms with Crippen molar-refractivity contribution in [3.63, 3.8) is 0 Å². The summed E-state index contributed by atoms with van der Waals surface area (Å²) in [5, 5.41) is 5.00. The van der Waals surface area contributed by atoms with E-state index in [0.29, 0.717) is 0 Å². The maximum Gasteiger partial charge on any atom is 0.0540 e. The molecule has 0 aliphatic carbocycles. The SMILES string of the molecule is c1ccc(-c2ccc(N(c3ccc(-c4cccc(-c5cccc6ccccc56)c4)cc3)c3ccc(-c4ccc5ccccc5c4-c4ccccc4)cc3)c(-c3ccccc3)c2)cc1. The highest BCUT2D eigenvalue weighted by atomic mass is 15.1. The van der Waals surface area contributed by atoms with E-state index in [1.54, 1.807) is 0 Å². The Morgan fingerprint density at radius 1 is 0.222 bits per heavy atom. The van der Waals surface area contributed by atoms with Crippen molar-refractivity contribution in [2.45, 2.75) is 0 Å². The molecule has 0 unspecified atom stereocenters. The average molecular weight is 802 g/mol. The van der Waals surface area contributed by atoms with Gasteiger partial charge in [0.25, 0.3) is 0 Å². The number of fused-ring (bicyclic) bond motifs is 2. The van der Waals surface area contributed by atoms with Crippen LogP contribution in [0.1, 0.15) is 0 Å². The van der Waals surface area contributed by atoms with Gasteiger partial charge in [-0.25, -0.2) is 0 Å². The molecule has 0 N–H and O–H groups in total. The van der Waals surface area contributed by atoms with E-state index in [1.807, 2.05) is 0 Å². The van der Waals surface area contributed by atoms with Crippen molar-refractivity contribution >= 4 is 38.6 Å². The molecular formula is C62H43N. The van der Waals surface area contributed by atoms with Crippen LogP contribution in [0.2, 0.25) is 0 Å². The number of hydrogen-bond donors (Lipinski definition) is 0. The summed E-state index contributed by atoms with van der Waals surface area (Å²) in [5.41, 5.74) is 17.6. The molecular weight excluding hydrogens is 759 g/mol. The molecule has 1 nitrogen and oxygen atoms in total. The van der Waals surface area contributed by atoms with Gasteiger partial charge in [0.1, 0.15) is 0 Å². The third-order valence-electron chi connectivity index (χ3n) is 12.3. The number of hydrogen-bond acceptors (Lipinski definition) is 1. The van der Waals surface area contributed by atoms with E-state index in [9.17, 15) is 0 Å². The molecule has 63 heavy (non-hydrogen) atoms. The fourth-order valence-corrected chi connectivity index (χ4v) is 9.18. The number of benzene rings is 11. The van der Waals surface area contributed by atoms with E-state index < -0.39 is 0 Å². The summed E-state index contributed by atoms with van der Waals surface area (Å²) >= 11 is 0. The van der Waals surface area contributed by atoms with E-state index in [0.717, 1.165) is 28.2 Å². The van der Waals surface area contributed by atoms with Crippen LogP contribution in [-0.4, -0.2) is 0 Å². The van der Waals surface area contributed by atoms with Crippen molar-refractivity contribution in [3.8, 4) is 66.8 Å². The van der Waals surface area contributed by atoms with Crippen molar-refractivity contribution in [2.24, 2.45) is 0 Å². The minimum absolute atomic E-state index is 1.08. The summed E-state index contributed by atoms with van der Waals surface area (Å²) in [6, 6.07) is 94.6. The van der Waals surface area contributed by atoms with Crippen molar-refractivity contribution < 1.29 is 0 Å². The van der Waals surface area contributed by atoms with Crippen LogP contribution in [0.25, 0.3) is 88.3 Å². The summed E-state index contributed by atoms with van der Waals surface area (Å²) in [6.07, 6.45) is 0. The van der Waals surface area contributed by atoms with Crippen LogP contribution in [-0.2, 0) is 0 Å². The van der Waals surface area contributed by atoms with Gasteiger partial charge in [0.05, 0.1) is 5.69 Å². The first kappa shape index (κ1) is 37.7. The Balaban J connectivity index is 1.04. The molecule has 11 rings (SSSR count). The molecule has 0 radical (unpaired) electrons. The van der Waals surface area contributed by atoms with E-state index in [-0.39, 0.29) is 0 Å². The van der Waals surface area contributed by atoms with E-state index in [1.165, 1.54) is 77.2 Å². The molecule has 0 saturated carbocycles. The van der Waals surface area contributed by atoms with Crippen molar-refractivity contribution in [2.75, 3.05) is 4.90 Å². The lowest BCUT2D eigenvalue weighted by molar-refractivity contribution is 1.28. The molecule has 0 aliphatic rings. The largest absolute Gasteiger partial charge is 0.310 e. The minimum Gasteiger partial charge on any atom is -0.310 e. The van der Waals surface area contributed by atoms with Crippen molar-refractivity contribution in [1.29, 1.82) is 0 Å². The monoisotopic (exact) mass is 801 g/mol. The lowest BCUT2D eigenvalue weighted by atomic mass is 9.89. The van der Waals surface area contributed by atoms with Gasteiger partial charge in [-0.15, -0.1) is 0 Å². The maximum atomic E-state index is 2.41. The van der Waals surface area contributed by atoms with Crippen molar-refractivity contribution in [3.05, 3.63) is 261 Å². The molecule has 11 aromatic carbocycles. The number of rotatable bonds is 9. The van der Waals surface area contributed by atoms with Crippen LogP contribution in [0.3, 0.4) is 0 Å². The third kappa shape index (κ3) is 7.37. The van der Waals surface area contributed by atoms with Crippen LogP contribution < -0.4 is 4.90 Å². The predicted octanol–water partition coefficient (Wildman–Crippen LogP) is 17.5. The average Bonchev–Trinajstić information content (AvgIpc) is 3.37. The Bertz CT molecular complexity index is 3350. The molecule has 0 heterocycles. The number of nitrogens with zero attached hydrogens (tertiary/aromatic N) is 1. The molecule has 0 fully saturated rings. The predicted molar refractivity (Wildman–Crippen MR) is 269 cm³/mol. The highest BCUT2D eigenvalue weighted by Gasteiger charge is 2.20. The van der Waals surface area contributed by atoms with Crippen LogP contribution in [0.15, 0.2) is 261 Å². The molecule has 0 saturated heterocycles. The van der Waals surface area contributed by atoms with Crippen LogP contribution >= 0.6 is 0 Å². The molecule has 0 aliphatic heterocycles. The summed E-state index contributed by atoms with van der Waals surface area (Å²) < 4.78 is 0. The topological polar surface area (TPSA) is 3.24 Å². The zero-order valence-corrected chi connectivity index (χ0v) is 34.8. The third-order valence-corrected chi connectivity index (χ3v) is 12.3.